The number of carbonyl (C=O) groups excluding carboxylic acids is 1. The number of hydrogen-bond acceptors (Lipinski definition) is 6. The molecule has 2 saturated heterocycles. The van der Waals surface area contributed by atoms with Crippen molar-refractivity contribution in [1.29, 1.82) is 0 Å². The molecule has 0 spiro atoms. The highest BCUT2D eigenvalue weighted by Crippen LogP contribution is 2.20. The molecule has 1 atom stereocenters. The molecular weight excluding hydrogens is 411 g/mol. The van der Waals surface area contributed by atoms with E-state index in [-0.39, 0.29) is 41.3 Å². The zero-order valence-electron chi connectivity index (χ0n) is 16.4. The number of carbonyl (C=O) groups is 1. The van der Waals surface area contributed by atoms with Crippen molar-refractivity contribution in [3.8, 4) is 11.3 Å². The Hall–Kier alpha value is -2.59. The topological polar surface area (TPSA) is 92.6 Å². The number of aromatic nitrogens is 2. The minimum atomic E-state index is -2.95. The van der Waals surface area contributed by atoms with Crippen molar-refractivity contribution in [1.82, 2.24) is 19.6 Å². The lowest BCUT2D eigenvalue weighted by Crippen LogP contribution is -2.53. The van der Waals surface area contributed by atoms with E-state index in [4.69, 9.17) is 0 Å². The van der Waals surface area contributed by atoms with Gasteiger partial charge in [-0.3, -0.25) is 14.5 Å². The fourth-order valence-electron chi connectivity index (χ4n) is 4.00. The third kappa shape index (κ3) is 4.44. The van der Waals surface area contributed by atoms with Crippen LogP contribution in [0.1, 0.15) is 6.42 Å². The minimum absolute atomic E-state index is 0.0222. The Bertz CT molecular complexity index is 1110. The molecule has 0 N–H and O–H groups in total. The first-order chi connectivity index (χ1) is 14.3. The van der Waals surface area contributed by atoms with E-state index in [1.807, 2.05) is 0 Å². The van der Waals surface area contributed by atoms with Crippen molar-refractivity contribution in [3.63, 3.8) is 0 Å². The third-order valence-electron chi connectivity index (χ3n) is 5.69. The summed E-state index contributed by atoms with van der Waals surface area (Å²) < 4.78 is 38.5. The van der Waals surface area contributed by atoms with Crippen molar-refractivity contribution in [2.45, 2.75) is 19.0 Å². The predicted molar refractivity (Wildman–Crippen MR) is 109 cm³/mol. The van der Waals surface area contributed by atoms with Gasteiger partial charge in [-0.25, -0.2) is 17.5 Å². The van der Waals surface area contributed by atoms with E-state index in [0.717, 1.165) is 4.68 Å². The van der Waals surface area contributed by atoms with Crippen LogP contribution in [-0.4, -0.2) is 77.6 Å². The van der Waals surface area contributed by atoms with Crippen LogP contribution in [0.5, 0.6) is 0 Å². The maximum atomic E-state index is 14.0. The van der Waals surface area contributed by atoms with Crippen molar-refractivity contribution >= 4 is 15.7 Å². The molecule has 10 heteroatoms. The van der Waals surface area contributed by atoms with Gasteiger partial charge in [0.05, 0.1) is 17.2 Å². The lowest BCUT2D eigenvalue weighted by atomic mass is 10.1. The van der Waals surface area contributed by atoms with Gasteiger partial charge in [0.15, 0.2) is 9.84 Å². The molecule has 4 rings (SSSR count). The quantitative estimate of drug-likeness (QED) is 0.691. The molecule has 0 bridgehead atoms. The highest BCUT2D eigenvalue weighted by Gasteiger charge is 2.34. The molecule has 30 heavy (non-hydrogen) atoms. The molecule has 3 heterocycles. The average Bonchev–Trinajstić information content (AvgIpc) is 3.10. The summed E-state index contributed by atoms with van der Waals surface area (Å²) in [5, 5.41) is 4.17. The first-order valence-corrected chi connectivity index (χ1v) is 11.7. The molecule has 2 aliphatic heterocycles. The van der Waals surface area contributed by atoms with Gasteiger partial charge in [0.25, 0.3) is 5.56 Å². The predicted octanol–water partition coefficient (Wildman–Crippen LogP) is 0.381. The first-order valence-electron chi connectivity index (χ1n) is 9.88. The zero-order valence-corrected chi connectivity index (χ0v) is 17.2. The second-order valence-corrected chi connectivity index (χ2v) is 9.90. The summed E-state index contributed by atoms with van der Waals surface area (Å²) in [6.07, 6.45) is 0.637. The number of benzene rings is 1. The number of amides is 1. The van der Waals surface area contributed by atoms with Crippen molar-refractivity contribution in [3.05, 3.63) is 52.6 Å². The third-order valence-corrected chi connectivity index (χ3v) is 7.44. The molecule has 1 amide bonds. The largest absolute Gasteiger partial charge is 0.339 e. The Labute approximate surface area is 173 Å². The van der Waals surface area contributed by atoms with E-state index in [1.54, 1.807) is 23.1 Å². The molecule has 0 aliphatic carbocycles. The van der Waals surface area contributed by atoms with Crippen LogP contribution in [-0.2, 0) is 21.2 Å². The first kappa shape index (κ1) is 20.7. The van der Waals surface area contributed by atoms with Gasteiger partial charge in [-0.1, -0.05) is 12.1 Å². The van der Waals surface area contributed by atoms with Crippen LogP contribution < -0.4 is 5.56 Å². The fraction of sp³-hybridized carbons (Fsp3) is 0.450. The van der Waals surface area contributed by atoms with Gasteiger partial charge in [0.1, 0.15) is 12.4 Å². The van der Waals surface area contributed by atoms with Gasteiger partial charge < -0.3 is 4.90 Å². The summed E-state index contributed by atoms with van der Waals surface area (Å²) in [5.74, 6) is -0.284. The summed E-state index contributed by atoms with van der Waals surface area (Å²) in [6, 6.07) is 8.86. The molecular formula is C20H23FN4O4S. The Kier molecular flexibility index (Phi) is 5.70. The summed E-state index contributed by atoms with van der Waals surface area (Å²) in [4.78, 5) is 28.6. The van der Waals surface area contributed by atoms with Crippen molar-refractivity contribution in [2.24, 2.45) is 0 Å². The highest BCUT2D eigenvalue weighted by atomic mass is 32.2. The second-order valence-electron chi connectivity index (χ2n) is 7.67. The number of nitrogens with zero attached hydrogens (tertiary/aromatic N) is 4. The molecule has 8 nitrogen and oxygen atoms in total. The molecule has 1 aromatic heterocycles. The molecule has 160 valence electrons. The van der Waals surface area contributed by atoms with Crippen molar-refractivity contribution < 1.29 is 17.6 Å². The molecule has 2 aliphatic rings. The highest BCUT2D eigenvalue weighted by molar-refractivity contribution is 7.91. The summed E-state index contributed by atoms with van der Waals surface area (Å²) in [6.45, 7) is 1.92. The van der Waals surface area contributed by atoms with Gasteiger partial charge in [0, 0.05) is 43.9 Å². The smallest absolute Gasteiger partial charge is 0.267 e. The van der Waals surface area contributed by atoms with Crippen LogP contribution in [0.2, 0.25) is 0 Å². The van der Waals surface area contributed by atoms with Crippen LogP contribution in [0.25, 0.3) is 11.3 Å². The molecule has 0 radical (unpaired) electrons. The van der Waals surface area contributed by atoms with Crippen LogP contribution in [0.4, 0.5) is 4.39 Å². The van der Waals surface area contributed by atoms with Gasteiger partial charge in [-0.05, 0) is 24.6 Å². The molecule has 1 aromatic carbocycles. The normalized spacial score (nSPS) is 21.6. The number of piperazine rings is 1. The number of halogens is 1. The Balaban J connectivity index is 1.41. The fourth-order valence-corrected chi connectivity index (χ4v) is 5.76. The van der Waals surface area contributed by atoms with E-state index in [1.165, 1.54) is 18.2 Å². The lowest BCUT2D eigenvalue weighted by Gasteiger charge is -2.37. The van der Waals surface area contributed by atoms with Crippen LogP contribution in [0.3, 0.4) is 0 Å². The summed E-state index contributed by atoms with van der Waals surface area (Å²) in [7, 11) is -2.95. The van der Waals surface area contributed by atoms with Crippen LogP contribution in [0.15, 0.2) is 41.2 Å². The van der Waals surface area contributed by atoms with E-state index >= 15 is 0 Å². The average molecular weight is 434 g/mol. The Morgan fingerprint density at radius 2 is 1.83 bits per heavy atom. The summed E-state index contributed by atoms with van der Waals surface area (Å²) >= 11 is 0. The molecule has 0 saturated carbocycles. The monoisotopic (exact) mass is 434 g/mol. The Morgan fingerprint density at radius 1 is 1.10 bits per heavy atom. The van der Waals surface area contributed by atoms with E-state index in [0.29, 0.717) is 32.6 Å². The number of hydrogen-bond donors (Lipinski definition) is 0. The second kappa shape index (κ2) is 8.27. The molecule has 2 fully saturated rings. The van der Waals surface area contributed by atoms with E-state index < -0.39 is 21.2 Å². The maximum Gasteiger partial charge on any atom is 0.267 e. The van der Waals surface area contributed by atoms with E-state index in [2.05, 4.69) is 10.00 Å². The maximum absolute atomic E-state index is 14.0. The standard InChI is InChI=1S/C20H23FN4O4S/c21-17-4-2-1-3-16(17)18-5-6-19(26)25(22-18)13-20(27)24-10-8-23(9-11-24)15-7-12-30(28,29)14-15/h1-6,15H,7-14H2/t15-/m0/s1. The van der Waals surface area contributed by atoms with Crippen LogP contribution >= 0.6 is 0 Å². The summed E-state index contributed by atoms with van der Waals surface area (Å²) in [5.41, 5.74) is 0.116. The van der Waals surface area contributed by atoms with Gasteiger partial charge >= 0.3 is 0 Å². The van der Waals surface area contributed by atoms with Gasteiger partial charge in [-0.15, -0.1) is 0 Å². The van der Waals surface area contributed by atoms with Crippen molar-refractivity contribution in [2.75, 3.05) is 37.7 Å². The SMILES string of the molecule is O=C(Cn1nc(-c2ccccc2F)ccc1=O)N1CCN([C@H]2CCS(=O)(=O)C2)CC1. The number of rotatable bonds is 4. The van der Waals surface area contributed by atoms with E-state index in [9.17, 15) is 22.4 Å². The molecule has 2 aromatic rings. The molecule has 0 unspecified atom stereocenters. The lowest BCUT2D eigenvalue weighted by molar-refractivity contribution is -0.134. The van der Waals surface area contributed by atoms with Gasteiger partial charge in [0.2, 0.25) is 5.91 Å². The zero-order chi connectivity index (χ0) is 21.3. The Morgan fingerprint density at radius 3 is 2.50 bits per heavy atom. The van der Waals surface area contributed by atoms with Gasteiger partial charge in [-0.2, -0.15) is 5.10 Å². The number of sulfone groups is 1. The van der Waals surface area contributed by atoms with Crippen LogP contribution in [0, 0.1) is 5.82 Å². The minimum Gasteiger partial charge on any atom is -0.339 e.